The van der Waals surface area contributed by atoms with Gasteiger partial charge in [0.2, 0.25) is 0 Å². The summed E-state index contributed by atoms with van der Waals surface area (Å²) in [5.74, 6) is 1.29. The van der Waals surface area contributed by atoms with Crippen molar-refractivity contribution in [2.45, 2.75) is 31.6 Å². The van der Waals surface area contributed by atoms with E-state index in [1.807, 2.05) is 31.2 Å². The van der Waals surface area contributed by atoms with Crippen molar-refractivity contribution in [3.63, 3.8) is 0 Å². The highest BCUT2D eigenvalue weighted by atomic mass is 16.5. The molecule has 174 valence electrons. The van der Waals surface area contributed by atoms with Gasteiger partial charge in [-0.1, -0.05) is 12.1 Å². The fraction of sp³-hybridized carbons (Fsp3) is 0.333. The number of ether oxygens (including phenoxy) is 1. The summed E-state index contributed by atoms with van der Waals surface area (Å²) < 4.78 is 5.58. The molecule has 1 saturated carbocycles. The summed E-state index contributed by atoms with van der Waals surface area (Å²) in [4.78, 5) is 28.2. The third kappa shape index (κ3) is 4.07. The molecule has 1 N–H and O–H groups in total. The number of benzene rings is 1. The van der Waals surface area contributed by atoms with Gasteiger partial charge in [-0.05, 0) is 60.9 Å². The smallest absolute Gasteiger partial charge is 0.253 e. The molecule has 0 saturated heterocycles. The molecule has 2 aliphatic rings. The summed E-state index contributed by atoms with van der Waals surface area (Å²) >= 11 is 0. The van der Waals surface area contributed by atoms with E-state index in [0.29, 0.717) is 24.5 Å². The van der Waals surface area contributed by atoms with Crippen molar-refractivity contribution in [1.29, 1.82) is 0 Å². The van der Waals surface area contributed by atoms with Gasteiger partial charge in [-0.2, -0.15) is 0 Å². The zero-order valence-corrected chi connectivity index (χ0v) is 19.5. The average Bonchev–Trinajstić information content (AvgIpc) is 3.64. The molecule has 3 aromatic rings. The van der Waals surface area contributed by atoms with Gasteiger partial charge in [-0.3, -0.25) is 9.78 Å². The molecule has 0 unspecified atom stereocenters. The molecule has 34 heavy (non-hydrogen) atoms. The molecule has 7 nitrogen and oxygen atoms in total. The lowest BCUT2D eigenvalue weighted by Gasteiger charge is -2.26. The van der Waals surface area contributed by atoms with Gasteiger partial charge < -0.3 is 14.7 Å². The van der Waals surface area contributed by atoms with E-state index in [0.717, 1.165) is 47.4 Å². The largest absolute Gasteiger partial charge is 0.494 e. The van der Waals surface area contributed by atoms with Crippen LogP contribution in [0, 0.1) is 0 Å². The van der Waals surface area contributed by atoms with Gasteiger partial charge in [-0.15, -0.1) is 0 Å². The quantitative estimate of drug-likeness (QED) is 0.581. The molecule has 0 aliphatic heterocycles. The second kappa shape index (κ2) is 8.99. The first-order valence-electron chi connectivity index (χ1n) is 11.7. The maximum atomic E-state index is 12.9. The Hall–Kier alpha value is -3.58. The Bertz CT molecular complexity index is 1250. The minimum atomic E-state index is -0.108. The summed E-state index contributed by atoms with van der Waals surface area (Å²) in [5.41, 5.74) is 5.60. The van der Waals surface area contributed by atoms with Gasteiger partial charge in [0.1, 0.15) is 5.75 Å². The molecule has 1 amide bonds. The lowest BCUT2D eigenvalue weighted by molar-refractivity contribution is 0.0767. The number of likely N-dealkylation sites (N-methyl/N-ethyl adjacent to an activating group) is 1. The summed E-state index contributed by atoms with van der Waals surface area (Å²) in [6.07, 6.45) is 10.8. The number of amides is 1. The number of aliphatic hydroxyl groups excluding tert-OH is 1. The normalized spacial score (nSPS) is 15.4. The average molecular weight is 457 g/mol. The van der Waals surface area contributed by atoms with Crippen LogP contribution in [0.3, 0.4) is 0 Å². The van der Waals surface area contributed by atoms with Crippen LogP contribution in [0.2, 0.25) is 0 Å². The van der Waals surface area contributed by atoms with Crippen molar-refractivity contribution >= 4 is 11.5 Å². The highest BCUT2D eigenvalue weighted by Crippen LogP contribution is 2.56. The molecule has 2 aromatic heterocycles. The second-order valence-electron chi connectivity index (χ2n) is 8.92. The zero-order chi connectivity index (χ0) is 23.7. The van der Waals surface area contributed by atoms with Crippen LogP contribution < -0.4 is 4.74 Å². The van der Waals surface area contributed by atoms with Crippen LogP contribution in [-0.4, -0.2) is 57.7 Å². The fourth-order valence-electron chi connectivity index (χ4n) is 4.61. The lowest BCUT2D eigenvalue weighted by Crippen LogP contribution is -2.29. The van der Waals surface area contributed by atoms with Crippen molar-refractivity contribution in [2.75, 3.05) is 26.8 Å². The molecule has 1 aromatic carbocycles. The van der Waals surface area contributed by atoms with Crippen LogP contribution in [-0.2, 0) is 5.41 Å². The summed E-state index contributed by atoms with van der Waals surface area (Å²) in [5, 5.41) is 9.21. The van der Waals surface area contributed by atoms with E-state index in [2.05, 4.69) is 27.1 Å². The van der Waals surface area contributed by atoms with E-state index in [1.165, 1.54) is 10.5 Å². The topological polar surface area (TPSA) is 88.4 Å². The molecular weight excluding hydrogens is 428 g/mol. The van der Waals surface area contributed by atoms with Gasteiger partial charge in [0, 0.05) is 54.9 Å². The molecule has 1 spiro atoms. The van der Waals surface area contributed by atoms with Gasteiger partial charge >= 0.3 is 0 Å². The van der Waals surface area contributed by atoms with Gasteiger partial charge in [0.15, 0.2) is 5.82 Å². The number of pyridine rings is 1. The molecule has 1 fully saturated rings. The number of hydrogen-bond acceptors (Lipinski definition) is 6. The highest BCUT2D eigenvalue weighted by Gasteiger charge is 2.47. The van der Waals surface area contributed by atoms with E-state index < -0.39 is 0 Å². The molecule has 0 radical (unpaired) electrons. The number of hydrogen-bond donors (Lipinski definition) is 1. The van der Waals surface area contributed by atoms with Gasteiger partial charge in [-0.25, -0.2) is 9.97 Å². The van der Waals surface area contributed by atoms with Crippen LogP contribution in [0.15, 0.2) is 55.0 Å². The molecule has 0 atom stereocenters. The number of carbonyl (C=O) groups excluding carboxylic acids is 1. The van der Waals surface area contributed by atoms with Gasteiger partial charge in [0.25, 0.3) is 5.91 Å². The Morgan fingerprint density at radius 1 is 1.15 bits per heavy atom. The summed E-state index contributed by atoms with van der Waals surface area (Å²) in [7, 11) is 1.70. The monoisotopic (exact) mass is 456 g/mol. The lowest BCUT2D eigenvalue weighted by atomic mass is 9.79. The number of carbonyl (C=O) groups is 1. The summed E-state index contributed by atoms with van der Waals surface area (Å²) in [6, 6.07) is 9.66. The molecule has 2 heterocycles. The van der Waals surface area contributed by atoms with Crippen LogP contribution in [0.5, 0.6) is 5.75 Å². The highest BCUT2D eigenvalue weighted by molar-refractivity contribution is 5.96. The maximum Gasteiger partial charge on any atom is 0.253 e. The molecule has 0 bridgehead atoms. The second-order valence-corrected chi connectivity index (χ2v) is 8.92. The predicted octanol–water partition coefficient (Wildman–Crippen LogP) is 3.87. The Labute approximate surface area is 199 Å². The van der Waals surface area contributed by atoms with E-state index in [1.54, 1.807) is 25.6 Å². The Morgan fingerprint density at radius 2 is 1.94 bits per heavy atom. The Kier molecular flexibility index (Phi) is 5.87. The number of rotatable bonds is 7. The van der Waals surface area contributed by atoms with Crippen LogP contribution in [0.25, 0.3) is 16.8 Å². The van der Waals surface area contributed by atoms with Crippen LogP contribution in [0.1, 0.15) is 53.5 Å². The Morgan fingerprint density at radius 3 is 2.65 bits per heavy atom. The first-order valence-corrected chi connectivity index (χ1v) is 11.7. The third-order valence-corrected chi connectivity index (χ3v) is 6.69. The van der Waals surface area contributed by atoms with E-state index in [4.69, 9.17) is 4.74 Å². The van der Waals surface area contributed by atoms with Crippen molar-refractivity contribution in [3.05, 3.63) is 77.5 Å². The van der Waals surface area contributed by atoms with E-state index >= 15 is 0 Å². The number of aliphatic hydroxyl groups is 1. The number of fused-ring (bicyclic) bond motifs is 2. The molecule has 2 aliphatic carbocycles. The fourth-order valence-corrected chi connectivity index (χ4v) is 4.61. The van der Waals surface area contributed by atoms with E-state index in [-0.39, 0.29) is 17.9 Å². The standard InChI is InChI=1S/C27H28N4O3/c1-3-34-20-7-11-28-24(15-20)19-16-29-25(30-17-19)21-6-8-27(9-10-27)23-5-4-18(14-22(21)23)26(33)31(2)12-13-32/h4-7,11,14-17,32H,3,8-10,12-13H2,1-2H3. The van der Waals surface area contributed by atoms with Crippen molar-refractivity contribution in [3.8, 4) is 17.0 Å². The predicted molar refractivity (Wildman–Crippen MR) is 130 cm³/mol. The number of allylic oxidation sites excluding steroid dienone is 1. The summed E-state index contributed by atoms with van der Waals surface area (Å²) in [6.45, 7) is 2.77. The Balaban J connectivity index is 1.48. The SMILES string of the molecule is CCOc1ccnc(-c2cnc(C3=CCC4(CC4)c4ccc(C(=O)N(C)CCO)cc43)nc2)c1. The maximum absolute atomic E-state index is 12.9. The number of aromatic nitrogens is 3. The minimum absolute atomic E-state index is 0.0655. The number of nitrogens with zero attached hydrogens (tertiary/aromatic N) is 4. The van der Waals surface area contributed by atoms with E-state index in [9.17, 15) is 9.90 Å². The third-order valence-electron chi connectivity index (χ3n) is 6.69. The van der Waals surface area contributed by atoms with Crippen molar-refractivity contribution in [1.82, 2.24) is 19.9 Å². The molecule has 5 rings (SSSR count). The minimum Gasteiger partial charge on any atom is -0.494 e. The molecule has 7 heteroatoms. The van der Waals surface area contributed by atoms with Crippen molar-refractivity contribution < 1.29 is 14.6 Å². The first-order chi connectivity index (χ1) is 16.5. The zero-order valence-electron chi connectivity index (χ0n) is 19.5. The first kappa shape index (κ1) is 22.2. The van der Waals surface area contributed by atoms with Crippen molar-refractivity contribution in [2.24, 2.45) is 0 Å². The van der Waals surface area contributed by atoms with Crippen LogP contribution >= 0.6 is 0 Å². The molecular formula is C27H28N4O3. The van der Waals surface area contributed by atoms with Gasteiger partial charge in [0.05, 0.1) is 18.9 Å². The van der Waals surface area contributed by atoms with Crippen LogP contribution in [0.4, 0.5) is 0 Å².